The van der Waals surface area contributed by atoms with Crippen LogP contribution >= 0.6 is 0 Å². The van der Waals surface area contributed by atoms with E-state index in [-0.39, 0.29) is 100 Å². The summed E-state index contributed by atoms with van der Waals surface area (Å²) < 4.78 is 32.1. The molecule has 6 rings (SSSR count). The number of carbonyl (C=O) groups is 1. The van der Waals surface area contributed by atoms with Crippen molar-refractivity contribution in [2.45, 2.75) is 64.0 Å². The largest absolute Gasteiger partial charge is 1.00 e. The molecule has 3 fully saturated rings. The summed E-state index contributed by atoms with van der Waals surface area (Å²) in [7, 11) is 1.71. The molecule has 3 aromatic rings. The van der Waals surface area contributed by atoms with Crippen LogP contribution < -0.4 is 78.9 Å². The summed E-state index contributed by atoms with van der Waals surface area (Å²) in [5, 5.41) is 4.13. The predicted octanol–water partition coefficient (Wildman–Crippen LogP) is 3.53. The monoisotopic (exact) mass is 643 g/mol. The first-order chi connectivity index (χ1) is 17.3. The molecule has 200 valence electrons. The van der Waals surface area contributed by atoms with E-state index in [4.69, 9.17) is 4.74 Å². The number of methoxy groups -OCH3 is 1. The molecule has 1 amide bonds. The van der Waals surface area contributed by atoms with E-state index in [1.54, 1.807) is 7.11 Å². The number of ether oxygens (including phenoxy) is 1. The number of fused-ring (bicyclic) bond motifs is 1. The predicted molar refractivity (Wildman–Crippen MR) is 144 cm³/mol. The van der Waals surface area contributed by atoms with Crippen LogP contribution in [0.4, 0.5) is 8.78 Å². The van der Waals surface area contributed by atoms with Crippen LogP contribution in [0, 0.1) is 19.8 Å². The number of nitrogens with one attached hydrogen (secondary N) is 2. The Labute approximate surface area is 283 Å². The molecule has 1 spiro atoms. The molecular formula is C30H38CsF2N3O2. The molecule has 2 aliphatic carbocycles. The SMILES string of the molecule is COc1cc(C)c2[nH]ccc2c1CN1CCC2(CC1)CC(F)(F)C2.O=C(NC1CC1)c1ccccc1.[CH3-].[Cs+]. The molecule has 2 heterocycles. The number of hydrogen-bond acceptors (Lipinski definition) is 3. The van der Waals surface area contributed by atoms with Crippen molar-refractivity contribution in [3.8, 4) is 5.75 Å². The third-order valence-corrected chi connectivity index (χ3v) is 7.85. The number of aromatic nitrogens is 1. The van der Waals surface area contributed by atoms with E-state index in [9.17, 15) is 13.6 Å². The summed E-state index contributed by atoms with van der Waals surface area (Å²) in [5.41, 5.74) is 4.17. The smallest absolute Gasteiger partial charge is 0.496 e. The van der Waals surface area contributed by atoms with Gasteiger partial charge in [-0.15, -0.1) is 0 Å². The zero-order valence-electron chi connectivity index (χ0n) is 23.1. The fourth-order valence-electron chi connectivity index (χ4n) is 5.68. The van der Waals surface area contributed by atoms with E-state index in [1.165, 1.54) is 16.5 Å². The average Bonchev–Trinajstić information content (AvgIpc) is 3.52. The molecule has 5 nitrogen and oxygen atoms in total. The minimum Gasteiger partial charge on any atom is -0.496 e. The molecule has 2 N–H and O–H groups in total. The first-order valence-corrected chi connectivity index (χ1v) is 12.9. The second kappa shape index (κ2) is 13.2. The Morgan fingerprint density at radius 2 is 1.79 bits per heavy atom. The van der Waals surface area contributed by atoms with E-state index < -0.39 is 5.92 Å². The number of alkyl halides is 2. The van der Waals surface area contributed by atoms with Crippen LogP contribution in [0.25, 0.3) is 10.9 Å². The van der Waals surface area contributed by atoms with Crippen molar-refractivity contribution < 1.29 is 87.2 Å². The maximum absolute atomic E-state index is 13.3. The maximum atomic E-state index is 13.3. The molecule has 1 aliphatic heterocycles. The van der Waals surface area contributed by atoms with Crippen LogP contribution in [0.3, 0.4) is 0 Å². The van der Waals surface area contributed by atoms with Crippen LogP contribution in [-0.2, 0) is 6.54 Å². The molecule has 3 aliphatic rings. The van der Waals surface area contributed by atoms with Crippen molar-refractivity contribution in [2.75, 3.05) is 20.2 Å². The van der Waals surface area contributed by atoms with Gasteiger partial charge in [-0.2, -0.15) is 0 Å². The van der Waals surface area contributed by atoms with Crippen molar-refractivity contribution in [3.63, 3.8) is 0 Å². The van der Waals surface area contributed by atoms with Crippen LogP contribution in [0.1, 0.15) is 60.0 Å². The molecule has 0 unspecified atom stereocenters. The summed E-state index contributed by atoms with van der Waals surface area (Å²) in [6, 6.07) is 13.9. The number of nitrogens with zero attached hydrogens (tertiary/aromatic N) is 1. The average molecular weight is 644 g/mol. The molecule has 2 aromatic carbocycles. The number of likely N-dealkylation sites (tertiary alicyclic amines) is 1. The van der Waals surface area contributed by atoms with Gasteiger partial charge in [0.25, 0.3) is 5.91 Å². The second-order valence-electron chi connectivity index (χ2n) is 10.7. The zero-order valence-corrected chi connectivity index (χ0v) is 29.4. The van der Waals surface area contributed by atoms with Crippen LogP contribution in [0.15, 0.2) is 48.7 Å². The van der Waals surface area contributed by atoms with Gasteiger partial charge in [-0.05, 0) is 80.9 Å². The number of aryl methyl sites for hydroxylation is 1. The van der Waals surface area contributed by atoms with Gasteiger partial charge in [0.1, 0.15) is 5.75 Å². The van der Waals surface area contributed by atoms with Gasteiger partial charge >= 0.3 is 68.9 Å². The van der Waals surface area contributed by atoms with Crippen molar-refractivity contribution in [3.05, 3.63) is 72.8 Å². The quantitative estimate of drug-likeness (QED) is 0.419. The number of carbonyl (C=O) groups excluding carboxylic acids is 1. The van der Waals surface area contributed by atoms with Crippen molar-refractivity contribution in [1.29, 1.82) is 0 Å². The van der Waals surface area contributed by atoms with E-state index in [2.05, 4.69) is 34.3 Å². The summed E-state index contributed by atoms with van der Waals surface area (Å²) in [6.07, 6.45) is 6.17. The van der Waals surface area contributed by atoms with E-state index in [1.807, 2.05) is 36.5 Å². The van der Waals surface area contributed by atoms with Gasteiger partial charge in [0.05, 0.1) is 7.11 Å². The molecule has 1 aromatic heterocycles. The van der Waals surface area contributed by atoms with Gasteiger partial charge in [0.15, 0.2) is 0 Å². The Morgan fingerprint density at radius 3 is 2.37 bits per heavy atom. The summed E-state index contributed by atoms with van der Waals surface area (Å²) in [4.78, 5) is 17.1. The maximum Gasteiger partial charge on any atom is 1.00 e. The number of amides is 1. The van der Waals surface area contributed by atoms with Gasteiger partial charge in [-0.25, -0.2) is 8.78 Å². The van der Waals surface area contributed by atoms with Gasteiger partial charge in [-0.3, -0.25) is 9.69 Å². The van der Waals surface area contributed by atoms with Gasteiger partial charge in [0.2, 0.25) is 5.92 Å². The topological polar surface area (TPSA) is 57.4 Å². The molecular weight excluding hydrogens is 605 g/mol. The number of piperidine rings is 1. The molecule has 8 heteroatoms. The Kier molecular flexibility index (Phi) is 11.0. The Morgan fingerprint density at radius 1 is 1.13 bits per heavy atom. The number of halogens is 2. The summed E-state index contributed by atoms with van der Waals surface area (Å²) >= 11 is 0. The van der Waals surface area contributed by atoms with Crippen LogP contribution in [0.2, 0.25) is 0 Å². The van der Waals surface area contributed by atoms with E-state index >= 15 is 0 Å². The molecule has 0 atom stereocenters. The molecule has 0 bridgehead atoms. The number of rotatable bonds is 5. The molecule has 38 heavy (non-hydrogen) atoms. The molecule has 0 radical (unpaired) electrons. The summed E-state index contributed by atoms with van der Waals surface area (Å²) in [6.45, 7) is 4.66. The summed E-state index contributed by atoms with van der Waals surface area (Å²) in [5.74, 6) is -1.45. The van der Waals surface area contributed by atoms with Crippen molar-refractivity contribution >= 4 is 16.8 Å². The fourth-order valence-corrected chi connectivity index (χ4v) is 5.68. The minimum atomic E-state index is -2.42. The fraction of sp³-hybridized carbons (Fsp3) is 0.467. The molecule has 2 saturated carbocycles. The standard InChI is InChI=1S/C19H24F2N2O.C10H11NO.CH3.Cs/c1-13-9-16(24-2)15(14-3-6-22-17(13)14)10-23-7-4-18(5-8-23)11-19(20,21)12-18;12-10(11-9-6-7-9)8-4-2-1-3-5-8;;/h3,6,9,22H,4-5,7-8,10-12H2,1-2H3;1-5,9H,6-7H2,(H,11,12);1H3;/q;;-1;+1. The molecule has 1 saturated heterocycles. The van der Waals surface area contributed by atoms with Crippen LogP contribution in [-0.4, -0.2) is 48.0 Å². The Hall–Kier alpha value is -0.878. The number of benzene rings is 2. The van der Waals surface area contributed by atoms with Crippen molar-refractivity contribution in [1.82, 2.24) is 15.2 Å². The van der Waals surface area contributed by atoms with E-state index in [0.717, 1.165) is 62.1 Å². The number of H-pyrrole nitrogens is 1. The van der Waals surface area contributed by atoms with Crippen LogP contribution in [0.5, 0.6) is 5.75 Å². The van der Waals surface area contributed by atoms with Gasteiger partial charge in [0, 0.05) is 53.7 Å². The van der Waals surface area contributed by atoms with Gasteiger partial charge in [-0.1, -0.05) is 18.2 Å². The third kappa shape index (κ3) is 7.44. The third-order valence-electron chi connectivity index (χ3n) is 7.85. The zero-order chi connectivity index (χ0) is 25.3. The normalized spacial score (nSPS) is 19.3. The first-order valence-electron chi connectivity index (χ1n) is 12.9. The number of aromatic amines is 1. The van der Waals surface area contributed by atoms with Gasteiger partial charge < -0.3 is 22.5 Å². The Balaban J connectivity index is 0.000000243. The van der Waals surface area contributed by atoms with Crippen molar-refractivity contribution in [2.24, 2.45) is 5.41 Å². The second-order valence-corrected chi connectivity index (χ2v) is 10.7. The first kappa shape index (κ1) is 31.6. The minimum absolute atomic E-state index is 0. The van der Waals surface area contributed by atoms with E-state index in [0.29, 0.717) is 6.04 Å². The number of hydrogen-bond donors (Lipinski definition) is 2. The Bertz CT molecular complexity index is 1210.